The van der Waals surface area contributed by atoms with Gasteiger partial charge in [0.05, 0.1) is 6.61 Å². The van der Waals surface area contributed by atoms with Crippen molar-refractivity contribution >= 4 is 0 Å². The molecule has 2 rings (SSSR count). The molecule has 2 nitrogen and oxygen atoms in total. The van der Waals surface area contributed by atoms with Crippen molar-refractivity contribution in [3.8, 4) is 0 Å². The summed E-state index contributed by atoms with van der Waals surface area (Å²) in [7, 11) is 1.76. The normalized spacial score (nSPS) is 19.5. The highest BCUT2D eigenvalue weighted by molar-refractivity contribution is 5.34. The molecule has 1 aliphatic carbocycles. The Morgan fingerprint density at radius 1 is 1.14 bits per heavy atom. The second-order valence-corrected chi connectivity index (χ2v) is 7.74. The van der Waals surface area contributed by atoms with Crippen molar-refractivity contribution < 1.29 is 4.74 Å². The summed E-state index contributed by atoms with van der Waals surface area (Å²) in [5.74, 6) is 0.604. The van der Waals surface area contributed by atoms with Gasteiger partial charge in [-0.05, 0) is 35.3 Å². The van der Waals surface area contributed by atoms with Gasteiger partial charge in [0, 0.05) is 25.6 Å². The van der Waals surface area contributed by atoms with Crippen LogP contribution < -0.4 is 5.32 Å². The van der Waals surface area contributed by atoms with Crippen molar-refractivity contribution in [2.45, 2.75) is 51.9 Å². The zero-order valence-electron chi connectivity index (χ0n) is 14.3. The summed E-state index contributed by atoms with van der Waals surface area (Å²) in [6.07, 6.45) is 2.53. The van der Waals surface area contributed by atoms with Crippen LogP contribution in [0.2, 0.25) is 0 Å². The van der Waals surface area contributed by atoms with Gasteiger partial charge in [-0.25, -0.2) is 0 Å². The Balaban J connectivity index is 2.09. The van der Waals surface area contributed by atoms with E-state index in [0.29, 0.717) is 16.7 Å². The van der Waals surface area contributed by atoms with Gasteiger partial charge < -0.3 is 10.1 Å². The zero-order chi connectivity index (χ0) is 15.5. The Kier molecular flexibility index (Phi) is 5.11. The number of hydrogen-bond donors (Lipinski definition) is 1. The van der Waals surface area contributed by atoms with E-state index in [4.69, 9.17) is 4.74 Å². The average molecular weight is 289 g/mol. The van der Waals surface area contributed by atoms with Crippen LogP contribution in [0.3, 0.4) is 0 Å². The molecule has 1 saturated carbocycles. The molecule has 0 bridgehead atoms. The summed E-state index contributed by atoms with van der Waals surface area (Å²) < 4.78 is 5.13. The summed E-state index contributed by atoms with van der Waals surface area (Å²) in [4.78, 5) is 0. The summed E-state index contributed by atoms with van der Waals surface area (Å²) in [6, 6.07) is 9.32. The van der Waals surface area contributed by atoms with E-state index in [1.54, 1.807) is 7.11 Å². The molecule has 0 saturated heterocycles. The largest absolute Gasteiger partial charge is 0.383 e. The van der Waals surface area contributed by atoms with Crippen LogP contribution >= 0.6 is 0 Å². The number of nitrogens with one attached hydrogen (secondary N) is 1. The van der Waals surface area contributed by atoms with E-state index in [-0.39, 0.29) is 0 Å². The van der Waals surface area contributed by atoms with Crippen molar-refractivity contribution in [3.63, 3.8) is 0 Å². The molecule has 0 atom stereocenters. The van der Waals surface area contributed by atoms with E-state index < -0.39 is 0 Å². The van der Waals surface area contributed by atoms with E-state index in [1.807, 2.05) is 0 Å². The van der Waals surface area contributed by atoms with Gasteiger partial charge in [-0.2, -0.15) is 0 Å². The summed E-state index contributed by atoms with van der Waals surface area (Å²) in [6.45, 7) is 12.0. The van der Waals surface area contributed by atoms with Crippen LogP contribution in [0, 0.1) is 5.41 Å². The van der Waals surface area contributed by atoms with Crippen molar-refractivity contribution in [2.24, 2.45) is 5.41 Å². The predicted molar refractivity (Wildman–Crippen MR) is 90.0 cm³/mol. The maximum atomic E-state index is 5.13. The monoisotopic (exact) mass is 289 g/mol. The molecule has 0 radical (unpaired) electrons. The lowest BCUT2D eigenvalue weighted by atomic mass is 9.52. The van der Waals surface area contributed by atoms with Crippen LogP contribution in [0.1, 0.15) is 57.6 Å². The standard InChI is InChI=1S/C19H31NO/c1-15(2)16-6-8-17(9-7-16)19(12-18(3,4)13-19)14-20-10-11-21-5/h6-9,15,20H,10-14H2,1-5H3. The first-order valence-corrected chi connectivity index (χ1v) is 8.19. The number of benzene rings is 1. The predicted octanol–water partition coefficient (Wildman–Crippen LogP) is 4.10. The highest BCUT2D eigenvalue weighted by atomic mass is 16.5. The lowest BCUT2D eigenvalue weighted by Crippen LogP contribution is -2.52. The summed E-state index contributed by atoms with van der Waals surface area (Å²) in [5.41, 5.74) is 3.71. The van der Waals surface area contributed by atoms with Gasteiger partial charge in [-0.3, -0.25) is 0 Å². The molecule has 1 aromatic rings. The van der Waals surface area contributed by atoms with Crippen molar-refractivity contribution in [1.29, 1.82) is 0 Å². The Morgan fingerprint density at radius 3 is 2.24 bits per heavy atom. The molecule has 0 spiro atoms. The lowest BCUT2D eigenvalue weighted by Gasteiger charge is -2.54. The highest BCUT2D eigenvalue weighted by Gasteiger charge is 2.49. The smallest absolute Gasteiger partial charge is 0.0587 e. The van der Waals surface area contributed by atoms with Gasteiger partial charge in [-0.15, -0.1) is 0 Å². The average Bonchev–Trinajstić information content (AvgIpc) is 2.41. The van der Waals surface area contributed by atoms with Gasteiger partial charge in [0.2, 0.25) is 0 Å². The Labute approximate surface area is 130 Å². The number of hydrogen-bond acceptors (Lipinski definition) is 2. The fourth-order valence-electron chi connectivity index (χ4n) is 3.93. The molecule has 0 aromatic heterocycles. The van der Waals surface area contributed by atoms with Crippen LogP contribution in [-0.4, -0.2) is 26.8 Å². The molecule has 0 unspecified atom stereocenters. The van der Waals surface area contributed by atoms with Crippen LogP contribution in [0.15, 0.2) is 24.3 Å². The summed E-state index contributed by atoms with van der Waals surface area (Å²) in [5, 5.41) is 3.58. The van der Waals surface area contributed by atoms with E-state index in [1.165, 1.54) is 24.0 Å². The van der Waals surface area contributed by atoms with E-state index >= 15 is 0 Å². The first-order chi connectivity index (χ1) is 9.88. The minimum absolute atomic E-state index is 0.312. The SMILES string of the molecule is COCCNCC1(c2ccc(C(C)C)cc2)CC(C)(C)C1. The zero-order valence-corrected chi connectivity index (χ0v) is 14.3. The van der Waals surface area contributed by atoms with Gasteiger partial charge in [-0.1, -0.05) is 52.0 Å². The number of rotatable bonds is 7. The van der Waals surface area contributed by atoms with Gasteiger partial charge in [0.1, 0.15) is 0 Å². The maximum absolute atomic E-state index is 5.13. The first-order valence-electron chi connectivity index (χ1n) is 8.19. The lowest BCUT2D eigenvalue weighted by molar-refractivity contribution is 0.0548. The van der Waals surface area contributed by atoms with Gasteiger partial charge in [0.25, 0.3) is 0 Å². The molecule has 118 valence electrons. The molecule has 0 aliphatic heterocycles. The number of methoxy groups -OCH3 is 1. The van der Waals surface area contributed by atoms with Crippen LogP contribution in [-0.2, 0) is 10.2 Å². The third kappa shape index (κ3) is 3.87. The fourth-order valence-corrected chi connectivity index (χ4v) is 3.93. The van der Waals surface area contributed by atoms with Crippen molar-refractivity contribution in [3.05, 3.63) is 35.4 Å². The molecule has 2 heteroatoms. The second kappa shape index (κ2) is 6.50. The van der Waals surface area contributed by atoms with Crippen LogP contribution in [0.4, 0.5) is 0 Å². The molecular formula is C19H31NO. The number of ether oxygens (including phenoxy) is 1. The van der Waals surface area contributed by atoms with E-state index in [9.17, 15) is 0 Å². The topological polar surface area (TPSA) is 21.3 Å². The van der Waals surface area contributed by atoms with Gasteiger partial charge >= 0.3 is 0 Å². The molecule has 21 heavy (non-hydrogen) atoms. The van der Waals surface area contributed by atoms with E-state index in [2.05, 4.69) is 57.3 Å². The first kappa shape index (κ1) is 16.5. The molecule has 1 N–H and O–H groups in total. The molecule has 0 heterocycles. The van der Waals surface area contributed by atoms with Crippen molar-refractivity contribution in [2.75, 3.05) is 26.8 Å². The maximum Gasteiger partial charge on any atom is 0.0587 e. The third-order valence-electron chi connectivity index (χ3n) is 4.77. The fraction of sp³-hybridized carbons (Fsp3) is 0.684. The van der Waals surface area contributed by atoms with E-state index in [0.717, 1.165) is 19.7 Å². The quantitative estimate of drug-likeness (QED) is 0.763. The third-order valence-corrected chi connectivity index (χ3v) is 4.77. The molecular weight excluding hydrogens is 258 g/mol. The minimum Gasteiger partial charge on any atom is -0.383 e. The summed E-state index contributed by atoms with van der Waals surface area (Å²) >= 11 is 0. The van der Waals surface area contributed by atoms with Crippen LogP contribution in [0.25, 0.3) is 0 Å². The Morgan fingerprint density at radius 2 is 1.76 bits per heavy atom. The highest BCUT2D eigenvalue weighted by Crippen LogP contribution is 2.55. The van der Waals surface area contributed by atoms with Crippen molar-refractivity contribution in [1.82, 2.24) is 5.32 Å². The molecule has 0 amide bonds. The molecule has 1 fully saturated rings. The van der Waals surface area contributed by atoms with Crippen LogP contribution in [0.5, 0.6) is 0 Å². The second-order valence-electron chi connectivity index (χ2n) is 7.74. The Hall–Kier alpha value is -0.860. The van der Waals surface area contributed by atoms with Gasteiger partial charge in [0.15, 0.2) is 0 Å². The Bertz CT molecular complexity index is 439. The minimum atomic E-state index is 0.312. The molecule has 1 aromatic carbocycles. The molecule has 1 aliphatic rings.